The molecule has 0 atom stereocenters. The molecular weight excluding hydrogens is 272 g/mol. The number of halogens is 1. The van der Waals surface area contributed by atoms with Crippen molar-refractivity contribution in [3.8, 4) is 5.69 Å². The molecule has 4 N–H and O–H groups in total. The number of carbonyl (C=O) groups is 1. The minimum absolute atomic E-state index is 0.128. The number of rotatable bonds is 2. The second-order valence-electron chi connectivity index (χ2n) is 3.17. The van der Waals surface area contributed by atoms with Crippen LogP contribution in [0.4, 0.5) is 11.6 Å². The third kappa shape index (κ3) is 1.57. The molecular formula is C10H9BrN4O. The minimum atomic E-state index is 0.128. The van der Waals surface area contributed by atoms with Gasteiger partial charge in [0.05, 0.1) is 5.69 Å². The summed E-state index contributed by atoms with van der Waals surface area (Å²) in [5.41, 5.74) is 12.3. The summed E-state index contributed by atoms with van der Waals surface area (Å²) < 4.78 is 2.25. The maximum Gasteiger partial charge on any atom is 0.158 e. The summed E-state index contributed by atoms with van der Waals surface area (Å²) in [4.78, 5) is 10.8. The lowest BCUT2D eigenvalue weighted by Gasteiger charge is -2.05. The van der Waals surface area contributed by atoms with Crippen LogP contribution in [-0.2, 0) is 0 Å². The van der Waals surface area contributed by atoms with E-state index in [1.807, 2.05) is 24.3 Å². The monoisotopic (exact) mass is 280 g/mol. The predicted molar refractivity (Wildman–Crippen MR) is 65.5 cm³/mol. The lowest BCUT2D eigenvalue weighted by Crippen LogP contribution is -2.03. The van der Waals surface area contributed by atoms with Crippen LogP contribution >= 0.6 is 15.9 Å². The number of nitrogens with two attached hydrogens (primary N) is 2. The van der Waals surface area contributed by atoms with Crippen molar-refractivity contribution in [1.82, 2.24) is 9.78 Å². The van der Waals surface area contributed by atoms with Crippen LogP contribution in [0.2, 0.25) is 0 Å². The normalized spacial score (nSPS) is 10.3. The van der Waals surface area contributed by atoms with Crippen molar-refractivity contribution in [2.24, 2.45) is 0 Å². The van der Waals surface area contributed by atoms with E-state index in [9.17, 15) is 4.79 Å². The number of para-hydroxylation sites is 1. The molecule has 0 bridgehead atoms. The average Bonchev–Trinajstić information content (AvgIpc) is 2.55. The standard InChI is InChI=1S/C10H9BrN4O/c11-7-3-1-2-4-8(7)15-10(13)6(5-16)9(12)14-15/h1-5H,13H2,(H2,12,14). The molecule has 0 unspecified atom stereocenters. The second-order valence-corrected chi connectivity index (χ2v) is 4.02. The van der Waals surface area contributed by atoms with Crippen molar-refractivity contribution < 1.29 is 4.79 Å². The Bertz CT molecular complexity index is 550. The van der Waals surface area contributed by atoms with Crippen LogP contribution in [0.25, 0.3) is 5.69 Å². The molecule has 1 heterocycles. The lowest BCUT2D eigenvalue weighted by molar-refractivity contribution is 0.112. The summed E-state index contributed by atoms with van der Waals surface area (Å²) >= 11 is 3.38. The second kappa shape index (κ2) is 3.97. The zero-order valence-electron chi connectivity index (χ0n) is 8.22. The molecule has 0 radical (unpaired) electrons. The van der Waals surface area contributed by atoms with Crippen LogP contribution in [0, 0.1) is 0 Å². The highest BCUT2D eigenvalue weighted by Gasteiger charge is 2.14. The Morgan fingerprint density at radius 3 is 2.56 bits per heavy atom. The quantitative estimate of drug-likeness (QED) is 0.819. The van der Waals surface area contributed by atoms with Crippen molar-refractivity contribution in [3.63, 3.8) is 0 Å². The van der Waals surface area contributed by atoms with E-state index in [1.165, 1.54) is 4.68 Å². The number of nitrogen functional groups attached to an aromatic ring is 2. The first kappa shape index (κ1) is 10.7. The fraction of sp³-hybridized carbons (Fsp3) is 0. The Balaban J connectivity index is 2.66. The van der Waals surface area contributed by atoms with Gasteiger partial charge in [-0.05, 0) is 28.1 Å². The number of nitrogens with zero attached hydrogens (tertiary/aromatic N) is 2. The van der Waals surface area contributed by atoms with Crippen LogP contribution in [0.3, 0.4) is 0 Å². The molecule has 2 aromatic rings. The van der Waals surface area contributed by atoms with Gasteiger partial charge in [0.25, 0.3) is 0 Å². The number of aromatic nitrogens is 2. The van der Waals surface area contributed by atoms with Crippen molar-refractivity contribution in [2.75, 3.05) is 11.5 Å². The Hall–Kier alpha value is -1.82. The topological polar surface area (TPSA) is 86.9 Å². The van der Waals surface area contributed by atoms with Crippen LogP contribution < -0.4 is 11.5 Å². The van der Waals surface area contributed by atoms with Gasteiger partial charge in [-0.3, -0.25) is 4.79 Å². The van der Waals surface area contributed by atoms with E-state index < -0.39 is 0 Å². The van der Waals surface area contributed by atoms with Crippen molar-refractivity contribution >= 4 is 33.9 Å². The van der Waals surface area contributed by atoms with Gasteiger partial charge in [-0.1, -0.05) is 12.1 Å². The zero-order chi connectivity index (χ0) is 11.7. The third-order valence-corrected chi connectivity index (χ3v) is 2.86. The maximum atomic E-state index is 10.8. The largest absolute Gasteiger partial charge is 0.383 e. The first-order valence-electron chi connectivity index (χ1n) is 4.49. The van der Waals surface area contributed by atoms with E-state index in [0.717, 1.165) is 10.2 Å². The van der Waals surface area contributed by atoms with Crippen molar-refractivity contribution in [2.45, 2.75) is 0 Å². The molecule has 1 aromatic carbocycles. The number of carbonyl (C=O) groups excluding carboxylic acids is 1. The van der Waals surface area contributed by atoms with Crippen molar-refractivity contribution in [3.05, 3.63) is 34.3 Å². The highest BCUT2D eigenvalue weighted by atomic mass is 79.9. The predicted octanol–water partition coefficient (Wildman–Crippen LogP) is 1.61. The van der Waals surface area contributed by atoms with Gasteiger partial charge in [0.1, 0.15) is 11.4 Å². The van der Waals surface area contributed by atoms with Crippen LogP contribution in [-0.4, -0.2) is 16.1 Å². The highest BCUT2D eigenvalue weighted by Crippen LogP contribution is 2.26. The average molecular weight is 281 g/mol. The van der Waals surface area contributed by atoms with Gasteiger partial charge < -0.3 is 11.5 Å². The summed E-state index contributed by atoms with van der Waals surface area (Å²) in [6.07, 6.45) is 0.602. The first-order valence-corrected chi connectivity index (χ1v) is 5.28. The van der Waals surface area contributed by atoms with Gasteiger partial charge in [0.2, 0.25) is 0 Å². The van der Waals surface area contributed by atoms with Gasteiger partial charge >= 0.3 is 0 Å². The molecule has 16 heavy (non-hydrogen) atoms. The molecule has 6 heteroatoms. The van der Waals surface area contributed by atoms with E-state index in [4.69, 9.17) is 11.5 Å². The number of aldehydes is 1. The molecule has 0 saturated carbocycles. The van der Waals surface area contributed by atoms with Gasteiger partial charge in [-0.15, -0.1) is 5.10 Å². The number of benzene rings is 1. The number of hydrogen-bond donors (Lipinski definition) is 2. The number of hydrogen-bond acceptors (Lipinski definition) is 4. The maximum absolute atomic E-state index is 10.8. The Morgan fingerprint density at radius 2 is 2.00 bits per heavy atom. The summed E-state index contributed by atoms with van der Waals surface area (Å²) in [5, 5.41) is 4.02. The van der Waals surface area contributed by atoms with Crippen LogP contribution in [0.1, 0.15) is 10.4 Å². The smallest absolute Gasteiger partial charge is 0.158 e. The van der Waals surface area contributed by atoms with Crippen LogP contribution in [0.15, 0.2) is 28.7 Å². The Labute approximate surface area is 100 Å². The summed E-state index contributed by atoms with van der Waals surface area (Å²) in [6.45, 7) is 0. The lowest BCUT2D eigenvalue weighted by atomic mass is 10.3. The molecule has 0 aliphatic rings. The van der Waals surface area contributed by atoms with Gasteiger partial charge in [-0.25, -0.2) is 4.68 Å². The summed E-state index contributed by atoms with van der Waals surface area (Å²) in [6, 6.07) is 7.39. The molecule has 1 aromatic heterocycles. The number of anilines is 2. The molecule has 2 rings (SSSR count). The summed E-state index contributed by atoms with van der Waals surface area (Å²) in [5.74, 6) is 0.364. The van der Waals surface area contributed by atoms with E-state index in [-0.39, 0.29) is 17.2 Å². The molecule has 0 amide bonds. The molecule has 0 spiro atoms. The Kier molecular flexibility index (Phi) is 2.66. The molecule has 82 valence electrons. The van der Waals surface area contributed by atoms with E-state index in [2.05, 4.69) is 21.0 Å². The van der Waals surface area contributed by atoms with E-state index in [1.54, 1.807) is 0 Å². The molecule has 0 aliphatic carbocycles. The van der Waals surface area contributed by atoms with Gasteiger partial charge in [-0.2, -0.15) is 0 Å². The molecule has 5 nitrogen and oxygen atoms in total. The third-order valence-electron chi connectivity index (χ3n) is 2.19. The molecule has 0 aliphatic heterocycles. The Morgan fingerprint density at radius 1 is 1.31 bits per heavy atom. The highest BCUT2D eigenvalue weighted by molar-refractivity contribution is 9.10. The van der Waals surface area contributed by atoms with Crippen LogP contribution in [0.5, 0.6) is 0 Å². The first-order chi connectivity index (χ1) is 7.65. The zero-order valence-corrected chi connectivity index (χ0v) is 9.81. The molecule has 0 saturated heterocycles. The SMILES string of the molecule is Nc1nn(-c2ccccc2Br)c(N)c1C=O. The molecule has 0 fully saturated rings. The minimum Gasteiger partial charge on any atom is -0.383 e. The van der Waals surface area contributed by atoms with Crippen molar-refractivity contribution in [1.29, 1.82) is 0 Å². The fourth-order valence-electron chi connectivity index (χ4n) is 1.39. The van der Waals surface area contributed by atoms with E-state index >= 15 is 0 Å². The van der Waals surface area contributed by atoms with E-state index in [0.29, 0.717) is 6.29 Å². The van der Waals surface area contributed by atoms with Gasteiger partial charge in [0.15, 0.2) is 12.1 Å². The summed E-state index contributed by atoms with van der Waals surface area (Å²) in [7, 11) is 0. The van der Waals surface area contributed by atoms with Gasteiger partial charge in [0, 0.05) is 4.47 Å². The fourth-order valence-corrected chi connectivity index (χ4v) is 1.84.